The van der Waals surface area contributed by atoms with E-state index in [1.54, 1.807) is 19.0 Å². The van der Waals surface area contributed by atoms with Gasteiger partial charge in [0, 0.05) is 24.8 Å². The van der Waals surface area contributed by atoms with Gasteiger partial charge in [0.25, 0.3) is 0 Å². The van der Waals surface area contributed by atoms with Crippen LogP contribution in [0.5, 0.6) is 0 Å². The molecule has 0 bridgehead atoms. The Kier molecular flexibility index (Phi) is 6.71. The van der Waals surface area contributed by atoms with Crippen LogP contribution in [0.4, 0.5) is 18.9 Å². The monoisotopic (exact) mass is 421 g/mol. The number of nitrogens with one attached hydrogen (secondary N) is 1. The zero-order valence-electron chi connectivity index (χ0n) is 15.5. The molecule has 7 nitrogen and oxygen atoms in total. The van der Waals surface area contributed by atoms with E-state index in [1.165, 1.54) is 11.0 Å². The van der Waals surface area contributed by atoms with Gasteiger partial charge in [0.1, 0.15) is 0 Å². The van der Waals surface area contributed by atoms with Crippen LogP contribution in [-0.2, 0) is 25.6 Å². The van der Waals surface area contributed by atoms with Gasteiger partial charge in [-0.2, -0.15) is 13.2 Å². The van der Waals surface area contributed by atoms with Crippen molar-refractivity contribution in [1.29, 1.82) is 0 Å². The number of halogens is 3. The number of carbonyl (C=O) groups excluding carboxylic acids is 2. The smallest absolute Gasteiger partial charge is 0.329 e. The van der Waals surface area contributed by atoms with Crippen molar-refractivity contribution in [2.45, 2.75) is 18.6 Å². The molecular formula is C17H22F3N3O4S. The zero-order valence-corrected chi connectivity index (χ0v) is 16.3. The maximum atomic E-state index is 12.8. The number of benzene rings is 1. The lowest BCUT2D eigenvalue weighted by molar-refractivity contribution is -0.144. The highest BCUT2D eigenvalue weighted by molar-refractivity contribution is 7.91. The number of nitrogens with zero attached hydrogens (tertiary/aromatic N) is 2. The lowest BCUT2D eigenvalue weighted by atomic mass is 10.2. The average molecular weight is 421 g/mol. The van der Waals surface area contributed by atoms with Gasteiger partial charge in [-0.3, -0.25) is 9.59 Å². The molecule has 28 heavy (non-hydrogen) atoms. The standard InChI is InChI=1S/C17H22F3N3O4S/c1-22(2)7-8-23(14-6-9-28(26,27)11-14)16(25)15(24)21-13-5-3-4-12(10-13)17(18,19)20/h3-5,10,14H,6-9,11H2,1-2H3,(H,21,24). The summed E-state index contributed by atoms with van der Waals surface area (Å²) >= 11 is 0. The second kappa shape index (κ2) is 8.48. The number of sulfone groups is 1. The fourth-order valence-corrected chi connectivity index (χ4v) is 4.60. The van der Waals surface area contributed by atoms with E-state index in [4.69, 9.17) is 0 Å². The van der Waals surface area contributed by atoms with Crippen LogP contribution < -0.4 is 5.32 Å². The van der Waals surface area contributed by atoms with Crippen LogP contribution in [0.2, 0.25) is 0 Å². The topological polar surface area (TPSA) is 86.8 Å². The maximum absolute atomic E-state index is 12.8. The second-order valence-electron chi connectivity index (χ2n) is 6.89. The number of likely N-dealkylation sites (N-methyl/N-ethyl adjacent to an activating group) is 1. The SMILES string of the molecule is CN(C)CCN(C(=O)C(=O)Nc1cccc(C(F)(F)F)c1)C1CCS(=O)(=O)C1. The highest BCUT2D eigenvalue weighted by Crippen LogP contribution is 2.30. The molecule has 156 valence electrons. The molecule has 1 aromatic rings. The Morgan fingerprint density at radius 2 is 1.89 bits per heavy atom. The fourth-order valence-electron chi connectivity index (χ4n) is 2.87. The molecule has 2 amide bonds. The van der Waals surface area contributed by atoms with Crippen molar-refractivity contribution in [2.24, 2.45) is 0 Å². The van der Waals surface area contributed by atoms with Gasteiger partial charge in [-0.05, 0) is 38.7 Å². The first kappa shape index (κ1) is 22.2. The number of hydrogen-bond donors (Lipinski definition) is 1. The summed E-state index contributed by atoms with van der Waals surface area (Å²) in [4.78, 5) is 27.9. The van der Waals surface area contributed by atoms with Crippen LogP contribution >= 0.6 is 0 Å². The molecule has 11 heteroatoms. The number of alkyl halides is 3. The van der Waals surface area contributed by atoms with Crippen molar-refractivity contribution in [2.75, 3.05) is 44.0 Å². The van der Waals surface area contributed by atoms with Crippen molar-refractivity contribution < 1.29 is 31.2 Å². The fraction of sp³-hybridized carbons (Fsp3) is 0.529. The van der Waals surface area contributed by atoms with E-state index >= 15 is 0 Å². The van der Waals surface area contributed by atoms with E-state index in [-0.39, 0.29) is 30.2 Å². The third-order valence-electron chi connectivity index (χ3n) is 4.34. The van der Waals surface area contributed by atoms with Crippen molar-refractivity contribution in [3.63, 3.8) is 0 Å². The second-order valence-corrected chi connectivity index (χ2v) is 9.12. The maximum Gasteiger partial charge on any atom is 0.416 e. The normalized spacial score (nSPS) is 18.9. The predicted molar refractivity (Wildman–Crippen MR) is 97.4 cm³/mol. The molecule has 0 saturated carbocycles. The summed E-state index contributed by atoms with van der Waals surface area (Å²) < 4.78 is 61.9. The molecule has 1 aliphatic rings. The predicted octanol–water partition coefficient (Wildman–Crippen LogP) is 1.22. The van der Waals surface area contributed by atoms with Gasteiger partial charge in [-0.1, -0.05) is 6.07 Å². The Labute approximate surface area is 161 Å². The van der Waals surface area contributed by atoms with Crippen molar-refractivity contribution >= 4 is 27.3 Å². The first-order chi connectivity index (χ1) is 12.9. The van der Waals surface area contributed by atoms with Crippen LogP contribution in [0.15, 0.2) is 24.3 Å². The third-order valence-corrected chi connectivity index (χ3v) is 6.09. The Morgan fingerprint density at radius 3 is 2.43 bits per heavy atom. The zero-order chi connectivity index (χ0) is 21.1. The largest absolute Gasteiger partial charge is 0.416 e. The van der Waals surface area contributed by atoms with E-state index in [0.717, 1.165) is 18.2 Å². The van der Waals surface area contributed by atoms with Crippen LogP contribution in [0.1, 0.15) is 12.0 Å². The molecule has 0 aliphatic carbocycles. The average Bonchev–Trinajstić information content (AvgIpc) is 2.93. The summed E-state index contributed by atoms with van der Waals surface area (Å²) in [7, 11) is 0.238. The molecule has 1 N–H and O–H groups in total. The molecule has 2 rings (SSSR count). The van der Waals surface area contributed by atoms with E-state index < -0.39 is 39.4 Å². The van der Waals surface area contributed by atoms with Gasteiger partial charge >= 0.3 is 18.0 Å². The highest BCUT2D eigenvalue weighted by Gasteiger charge is 2.37. The minimum Gasteiger partial charge on any atom is -0.329 e. The van der Waals surface area contributed by atoms with E-state index in [9.17, 15) is 31.2 Å². The molecule has 1 saturated heterocycles. The van der Waals surface area contributed by atoms with Crippen LogP contribution in [0.25, 0.3) is 0 Å². The number of anilines is 1. The van der Waals surface area contributed by atoms with Gasteiger partial charge in [0.2, 0.25) is 0 Å². The van der Waals surface area contributed by atoms with Crippen molar-refractivity contribution in [3.8, 4) is 0 Å². The van der Waals surface area contributed by atoms with Gasteiger partial charge in [-0.25, -0.2) is 8.42 Å². The summed E-state index contributed by atoms with van der Waals surface area (Å²) in [6.45, 7) is 0.529. The molecule has 1 heterocycles. The summed E-state index contributed by atoms with van der Waals surface area (Å²) in [6.07, 6.45) is -4.36. The molecule has 0 spiro atoms. The van der Waals surface area contributed by atoms with Gasteiger partial charge < -0.3 is 15.1 Å². The van der Waals surface area contributed by atoms with E-state index in [2.05, 4.69) is 5.32 Å². The van der Waals surface area contributed by atoms with Crippen molar-refractivity contribution in [1.82, 2.24) is 9.80 Å². The van der Waals surface area contributed by atoms with Gasteiger partial charge in [-0.15, -0.1) is 0 Å². The van der Waals surface area contributed by atoms with Gasteiger partial charge in [0.05, 0.1) is 17.1 Å². The Morgan fingerprint density at radius 1 is 1.21 bits per heavy atom. The molecule has 1 aromatic carbocycles. The number of hydrogen-bond acceptors (Lipinski definition) is 5. The summed E-state index contributed by atoms with van der Waals surface area (Å²) in [5, 5.41) is 2.17. The van der Waals surface area contributed by atoms with E-state index in [1.807, 2.05) is 0 Å². The number of rotatable bonds is 5. The molecule has 1 unspecified atom stereocenters. The molecule has 0 radical (unpaired) electrons. The minimum absolute atomic E-state index is 0.0708. The molecule has 0 aromatic heterocycles. The van der Waals surface area contributed by atoms with Crippen LogP contribution in [-0.4, -0.2) is 74.8 Å². The lowest BCUT2D eigenvalue weighted by Gasteiger charge is -2.28. The summed E-state index contributed by atoms with van der Waals surface area (Å²) in [5.74, 6) is -2.38. The highest BCUT2D eigenvalue weighted by atomic mass is 32.2. The van der Waals surface area contributed by atoms with Crippen molar-refractivity contribution in [3.05, 3.63) is 29.8 Å². The first-order valence-corrected chi connectivity index (χ1v) is 10.4. The quantitative estimate of drug-likeness (QED) is 0.723. The number of carbonyl (C=O) groups is 2. The third kappa shape index (κ3) is 5.93. The Hall–Kier alpha value is -2.14. The van der Waals surface area contributed by atoms with Crippen LogP contribution in [0, 0.1) is 0 Å². The lowest BCUT2D eigenvalue weighted by Crippen LogP contribution is -2.48. The molecule has 1 aliphatic heterocycles. The number of amides is 2. The summed E-state index contributed by atoms with van der Waals surface area (Å²) in [6, 6.07) is 3.31. The molecular weight excluding hydrogens is 399 g/mol. The molecule has 1 atom stereocenters. The van der Waals surface area contributed by atoms with E-state index in [0.29, 0.717) is 6.54 Å². The summed E-state index contributed by atoms with van der Waals surface area (Å²) in [5.41, 5.74) is -1.12. The van der Waals surface area contributed by atoms with Crippen LogP contribution in [0.3, 0.4) is 0 Å². The first-order valence-electron chi connectivity index (χ1n) is 8.53. The van der Waals surface area contributed by atoms with Gasteiger partial charge in [0.15, 0.2) is 9.84 Å². The minimum atomic E-state index is -4.58. The Bertz CT molecular complexity index is 840. The molecule has 1 fully saturated rings. The Balaban J connectivity index is 2.15.